The predicted molar refractivity (Wildman–Crippen MR) is 97.1 cm³/mol. The van der Waals surface area contributed by atoms with Crippen LogP contribution in [0.3, 0.4) is 0 Å². The molecule has 0 unspecified atom stereocenters. The molecule has 2 aromatic rings. The molecule has 2 rings (SSSR count). The van der Waals surface area contributed by atoms with Gasteiger partial charge in [0.15, 0.2) is 11.5 Å². The summed E-state index contributed by atoms with van der Waals surface area (Å²) in [6, 6.07) is 5.94. The molecule has 0 saturated carbocycles. The van der Waals surface area contributed by atoms with Gasteiger partial charge < -0.3 is 9.47 Å². The standard InChI is InChI=1S/C15H12Cl4N2O3/c1-23-12-4-7(3-11(19)14(12)24-2)15(22)21-20-13-9(17)5-8(16)6-10(13)18/h3-6,20H,1-2H3,(H,21,22). The van der Waals surface area contributed by atoms with E-state index in [1.54, 1.807) is 0 Å². The predicted octanol–water partition coefficient (Wildman–Crippen LogP) is 5.07. The third-order valence-electron chi connectivity index (χ3n) is 3.00. The van der Waals surface area contributed by atoms with Gasteiger partial charge in [-0.3, -0.25) is 15.6 Å². The smallest absolute Gasteiger partial charge is 0.269 e. The van der Waals surface area contributed by atoms with Crippen LogP contribution < -0.4 is 20.3 Å². The number of anilines is 1. The van der Waals surface area contributed by atoms with Crippen molar-refractivity contribution in [3.8, 4) is 11.5 Å². The quantitative estimate of drug-likeness (QED) is 0.676. The summed E-state index contributed by atoms with van der Waals surface area (Å²) < 4.78 is 10.3. The van der Waals surface area contributed by atoms with Gasteiger partial charge in [-0.1, -0.05) is 46.4 Å². The highest BCUT2D eigenvalue weighted by molar-refractivity contribution is 6.41. The number of benzene rings is 2. The lowest BCUT2D eigenvalue weighted by molar-refractivity contribution is 0.0962. The van der Waals surface area contributed by atoms with E-state index in [9.17, 15) is 4.79 Å². The molecule has 128 valence electrons. The number of halogens is 4. The van der Waals surface area contributed by atoms with Crippen LogP contribution in [0, 0.1) is 0 Å². The fraction of sp³-hybridized carbons (Fsp3) is 0.133. The maximum atomic E-state index is 12.3. The van der Waals surface area contributed by atoms with E-state index in [0.29, 0.717) is 22.2 Å². The van der Waals surface area contributed by atoms with Crippen LogP contribution >= 0.6 is 46.4 Å². The topological polar surface area (TPSA) is 59.6 Å². The molecule has 24 heavy (non-hydrogen) atoms. The molecule has 2 N–H and O–H groups in total. The molecule has 0 spiro atoms. The van der Waals surface area contributed by atoms with Crippen molar-refractivity contribution in [2.75, 3.05) is 19.6 Å². The lowest BCUT2D eigenvalue weighted by Gasteiger charge is -2.14. The zero-order valence-corrected chi connectivity index (χ0v) is 15.6. The Balaban J connectivity index is 2.21. The largest absolute Gasteiger partial charge is 0.493 e. The van der Waals surface area contributed by atoms with Crippen LogP contribution in [0.1, 0.15) is 10.4 Å². The first kappa shape index (κ1) is 18.8. The summed E-state index contributed by atoms with van der Waals surface area (Å²) in [5, 5.41) is 1.15. The lowest BCUT2D eigenvalue weighted by Crippen LogP contribution is -2.29. The molecule has 1 amide bonds. The first-order chi connectivity index (χ1) is 11.4. The molecule has 5 nitrogen and oxygen atoms in total. The third-order valence-corrected chi connectivity index (χ3v) is 4.10. The average Bonchev–Trinajstić information content (AvgIpc) is 2.52. The van der Waals surface area contributed by atoms with Crippen LogP contribution in [0.15, 0.2) is 24.3 Å². The molecular weight excluding hydrogens is 398 g/mol. The van der Waals surface area contributed by atoms with Crippen molar-refractivity contribution < 1.29 is 14.3 Å². The fourth-order valence-corrected chi connectivity index (χ4v) is 3.10. The second-order valence-electron chi connectivity index (χ2n) is 4.52. The first-order valence-electron chi connectivity index (χ1n) is 6.49. The van der Waals surface area contributed by atoms with E-state index < -0.39 is 5.91 Å². The molecule has 0 atom stereocenters. The number of hydrazine groups is 1. The fourth-order valence-electron chi connectivity index (χ4n) is 1.90. The molecule has 2 aromatic carbocycles. The molecule has 0 aliphatic carbocycles. The van der Waals surface area contributed by atoms with Crippen molar-refractivity contribution >= 4 is 58.0 Å². The molecule has 0 aromatic heterocycles. The second kappa shape index (κ2) is 8.03. The van der Waals surface area contributed by atoms with Gasteiger partial charge in [0.2, 0.25) is 0 Å². The first-order valence-corrected chi connectivity index (χ1v) is 8.01. The number of rotatable bonds is 5. The summed E-state index contributed by atoms with van der Waals surface area (Å²) in [6.07, 6.45) is 0. The van der Waals surface area contributed by atoms with E-state index in [0.717, 1.165) is 0 Å². The lowest BCUT2D eigenvalue weighted by atomic mass is 10.2. The van der Waals surface area contributed by atoms with Gasteiger partial charge in [0, 0.05) is 10.6 Å². The minimum Gasteiger partial charge on any atom is -0.493 e. The van der Waals surface area contributed by atoms with Crippen LogP contribution in [0.25, 0.3) is 0 Å². The minimum atomic E-state index is -0.472. The number of hydrogen-bond donors (Lipinski definition) is 2. The number of nitrogens with one attached hydrogen (secondary N) is 2. The van der Waals surface area contributed by atoms with Crippen molar-refractivity contribution in [2.24, 2.45) is 0 Å². The van der Waals surface area contributed by atoms with E-state index in [4.69, 9.17) is 55.9 Å². The summed E-state index contributed by atoms with van der Waals surface area (Å²) in [5.74, 6) is 0.199. The molecule has 0 fully saturated rings. The van der Waals surface area contributed by atoms with E-state index in [1.165, 1.54) is 38.5 Å². The maximum absolute atomic E-state index is 12.3. The van der Waals surface area contributed by atoms with Crippen LogP contribution in [0.5, 0.6) is 11.5 Å². The number of amides is 1. The summed E-state index contributed by atoms with van der Waals surface area (Å²) in [7, 11) is 2.90. The van der Waals surface area contributed by atoms with E-state index in [1.807, 2.05) is 0 Å². The molecule has 0 aliphatic rings. The SMILES string of the molecule is COc1cc(C(=O)NNc2c(Cl)cc(Cl)cc2Cl)cc(Cl)c1OC. The van der Waals surface area contributed by atoms with E-state index >= 15 is 0 Å². The summed E-state index contributed by atoms with van der Waals surface area (Å²) in [5.41, 5.74) is 5.71. The zero-order chi connectivity index (χ0) is 17.9. The molecule has 0 heterocycles. The van der Waals surface area contributed by atoms with Crippen LogP contribution in [-0.2, 0) is 0 Å². The van der Waals surface area contributed by atoms with Gasteiger partial charge in [-0.2, -0.15) is 0 Å². The van der Waals surface area contributed by atoms with Gasteiger partial charge >= 0.3 is 0 Å². The molecular formula is C15H12Cl4N2O3. The zero-order valence-electron chi connectivity index (χ0n) is 12.5. The van der Waals surface area contributed by atoms with Crippen molar-refractivity contribution in [3.05, 3.63) is 49.9 Å². The van der Waals surface area contributed by atoms with E-state index in [2.05, 4.69) is 10.9 Å². The number of carbonyl (C=O) groups is 1. The Morgan fingerprint density at radius 2 is 1.54 bits per heavy atom. The van der Waals surface area contributed by atoms with Crippen LogP contribution in [0.2, 0.25) is 20.1 Å². The Labute approximate surface area is 158 Å². The summed E-state index contributed by atoms with van der Waals surface area (Å²) >= 11 is 24.0. The van der Waals surface area contributed by atoms with Crippen molar-refractivity contribution in [3.63, 3.8) is 0 Å². The van der Waals surface area contributed by atoms with E-state index in [-0.39, 0.29) is 20.6 Å². The van der Waals surface area contributed by atoms with Crippen molar-refractivity contribution in [1.82, 2.24) is 5.43 Å². The van der Waals surface area contributed by atoms with Gasteiger partial charge in [-0.15, -0.1) is 0 Å². The van der Waals surface area contributed by atoms with Gasteiger partial charge in [-0.05, 0) is 24.3 Å². The number of methoxy groups -OCH3 is 2. The maximum Gasteiger partial charge on any atom is 0.269 e. The Bertz CT molecular complexity index is 761. The summed E-state index contributed by atoms with van der Waals surface area (Å²) in [6.45, 7) is 0. The second-order valence-corrected chi connectivity index (χ2v) is 6.18. The van der Waals surface area contributed by atoms with Gasteiger partial charge in [-0.25, -0.2) is 0 Å². The Hall–Kier alpha value is -1.53. The van der Waals surface area contributed by atoms with Gasteiger partial charge in [0.1, 0.15) is 0 Å². The highest BCUT2D eigenvalue weighted by Gasteiger charge is 2.16. The average molecular weight is 410 g/mol. The van der Waals surface area contributed by atoms with Crippen LogP contribution in [0.4, 0.5) is 5.69 Å². The number of ether oxygens (including phenoxy) is 2. The Morgan fingerprint density at radius 1 is 0.917 bits per heavy atom. The molecule has 0 bridgehead atoms. The highest BCUT2D eigenvalue weighted by Crippen LogP contribution is 2.36. The normalized spacial score (nSPS) is 10.2. The Morgan fingerprint density at radius 3 is 2.08 bits per heavy atom. The monoisotopic (exact) mass is 408 g/mol. The minimum absolute atomic E-state index is 0.240. The molecule has 0 aliphatic heterocycles. The number of carbonyl (C=O) groups excluding carboxylic acids is 1. The Kier molecular flexibility index (Phi) is 6.29. The highest BCUT2D eigenvalue weighted by atomic mass is 35.5. The number of hydrogen-bond acceptors (Lipinski definition) is 4. The molecule has 0 saturated heterocycles. The summed E-state index contributed by atoms with van der Waals surface area (Å²) in [4.78, 5) is 12.3. The molecule has 9 heteroatoms. The van der Waals surface area contributed by atoms with Crippen LogP contribution in [-0.4, -0.2) is 20.1 Å². The van der Waals surface area contributed by atoms with Crippen molar-refractivity contribution in [2.45, 2.75) is 0 Å². The van der Waals surface area contributed by atoms with Gasteiger partial charge in [0.05, 0.1) is 35.0 Å². The van der Waals surface area contributed by atoms with Crippen molar-refractivity contribution in [1.29, 1.82) is 0 Å². The third kappa shape index (κ3) is 4.11. The van der Waals surface area contributed by atoms with Gasteiger partial charge in [0.25, 0.3) is 5.91 Å². The molecule has 0 radical (unpaired) electrons.